The van der Waals surface area contributed by atoms with Crippen molar-refractivity contribution in [1.29, 1.82) is 0 Å². The van der Waals surface area contributed by atoms with Crippen LogP contribution in [0.15, 0.2) is 190 Å². The summed E-state index contributed by atoms with van der Waals surface area (Å²) in [5.41, 5.74) is 12.6. The van der Waals surface area contributed by atoms with Gasteiger partial charge in [-0.25, -0.2) is 0 Å². The van der Waals surface area contributed by atoms with Gasteiger partial charge in [0.2, 0.25) is 0 Å². The van der Waals surface area contributed by atoms with Crippen LogP contribution in [0.5, 0.6) is 23.0 Å². The lowest BCUT2D eigenvalue weighted by molar-refractivity contribution is 0.304. The number of hydrogen-bond acceptors (Lipinski definition) is 10. The van der Waals surface area contributed by atoms with Gasteiger partial charge in [0.05, 0.1) is 36.0 Å². The molecule has 9 rings (SSSR count). The predicted octanol–water partition coefficient (Wildman–Crippen LogP) is 15.0. The molecule has 0 unspecified atom stereocenters. The van der Waals surface area contributed by atoms with E-state index >= 15 is 0 Å². The summed E-state index contributed by atoms with van der Waals surface area (Å²) in [5.74, 6) is 3.14. The Morgan fingerprint density at radius 1 is 0.351 bits per heavy atom. The number of nitrogens with zero attached hydrogens (tertiary/aromatic N) is 4. The molecule has 0 amide bonds. The summed E-state index contributed by atoms with van der Waals surface area (Å²) >= 11 is 9.00. The summed E-state index contributed by atoms with van der Waals surface area (Å²) in [6.45, 7) is 0.899. The van der Waals surface area contributed by atoms with Crippen molar-refractivity contribution in [1.82, 2.24) is 0 Å². The van der Waals surface area contributed by atoms with Crippen molar-refractivity contribution in [3.63, 3.8) is 0 Å². The molecular formula is C64H60N4O4S2. The van der Waals surface area contributed by atoms with E-state index in [1.165, 1.54) is 0 Å². The summed E-state index contributed by atoms with van der Waals surface area (Å²) in [5, 5.41) is 25.4. The third-order valence-electron chi connectivity index (χ3n) is 12.7. The van der Waals surface area contributed by atoms with Crippen LogP contribution in [-0.4, -0.2) is 59.8 Å². The van der Waals surface area contributed by atoms with Gasteiger partial charge >= 0.3 is 0 Å². The van der Waals surface area contributed by atoms with E-state index in [0.29, 0.717) is 69.7 Å². The lowest BCUT2D eigenvalue weighted by Crippen LogP contribution is -2.08. The van der Waals surface area contributed by atoms with E-state index < -0.39 is 0 Å². The second-order valence-electron chi connectivity index (χ2n) is 18.4. The van der Waals surface area contributed by atoms with Crippen LogP contribution < -0.4 is 9.47 Å². The van der Waals surface area contributed by atoms with Gasteiger partial charge in [0.15, 0.2) is 0 Å². The summed E-state index contributed by atoms with van der Waals surface area (Å²) in [6.07, 6.45) is 11.9. The first-order chi connectivity index (χ1) is 36.4. The van der Waals surface area contributed by atoms with Crippen molar-refractivity contribution < 1.29 is 19.7 Å². The molecule has 0 heterocycles. The van der Waals surface area contributed by atoms with Crippen LogP contribution in [0.3, 0.4) is 0 Å². The van der Waals surface area contributed by atoms with Gasteiger partial charge in [-0.1, -0.05) is 121 Å². The Hall–Kier alpha value is -7.66. The SMILES string of the molecule is Oc1c2cc(N=Cc3ccccc3)cc1Cc1cc(N=Cc3ccccc3)cc(c1OCCCCS)Cc1cc(N=Cc3ccccc3)cc(c1O)Cc1cc(N=Cc3ccccc3)cc(c1OCCCCS)C2. The van der Waals surface area contributed by atoms with Crippen molar-refractivity contribution >= 4 is 72.9 Å². The molecule has 0 spiro atoms. The topological polar surface area (TPSA) is 108 Å². The molecule has 0 radical (unpaired) electrons. The lowest BCUT2D eigenvalue weighted by Gasteiger charge is -2.22. The number of phenols is 2. The van der Waals surface area contributed by atoms with E-state index in [1.54, 1.807) is 0 Å². The van der Waals surface area contributed by atoms with E-state index in [9.17, 15) is 10.2 Å². The first-order valence-electron chi connectivity index (χ1n) is 25.2. The standard InChI is InChI=1S/C64H60N4O4S2/c69-61-49-29-53-37-59(67-43-47-21-9-3-10-22-47)39-55(63(53)71-25-13-15-27-73)31-51-35-58(66-42-46-19-7-2-8-20-46)36-52(62(51)70)32-56-40-60(68-44-48-23-11-4-12-24-48)38-54(64(56)72-26-14-16-28-74)30-50(61)34-57(33-49)65-41-45-17-5-1-6-18-45/h1-12,17-24,33-44,69-70,73-74H,13-16,25-32H2. The minimum absolute atomic E-state index is 0.154. The lowest BCUT2D eigenvalue weighted by atomic mass is 9.90. The number of unbranched alkanes of at least 4 members (excludes halogenated alkanes) is 2. The molecular weight excluding hydrogens is 953 g/mol. The Kier molecular flexibility index (Phi) is 17.9. The Morgan fingerprint density at radius 3 is 0.838 bits per heavy atom. The first kappa shape index (κ1) is 51.2. The summed E-state index contributed by atoms with van der Waals surface area (Å²) in [7, 11) is 0. The molecule has 8 aromatic carbocycles. The van der Waals surface area contributed by atoms with Crippen LogP contribution in [0, 0.1) is 0 Å². The molecule has 1 aliphatic carbocycles. The van der Waals surface area contributed by atoms with Crippen LogP contribution >= 0.6 is 25.3 Å². The molecule has 0 aliphatic heterocycles. The zero-order chi connectivity index (χ0) is 50.9. The number of phenolic OH excluding ortho intramolecular Hbond substituents is 2. The molecule has 1 aliphatic rings. The minimum Gasteiger partial charge on any atom is -0.507 e. The van der Waals surface area contributed by atoms with Gasteiger partial charge in [0.25, 0.3) is 0 Å². The quantitative estimate of drug-likeness (QED) is 0.0390. The average molecular weight is 1010 g/mol. The third-order valence-corrected chi connectivity index (χ3v) is 13.4. The second kappa shape index (κ2) is 25.8. The minimum atomic E-state index is 0.154. The fourth-order valence-corrected chi connectivity index (χ4v) is 9.49. The predicted molar refractivity (Wildman–Crippen MR) is 312 cm³/mol. The molecule has 2 N–H and O–H groups in total. The maximum absolute atomic E-state index is 12.7. The molecule has 0 saturated carbocycles. The maximum Gasteiger partial charge on any atom is 0.126 e. The monoisotopic (exact) mass is 1010 g/mol. The van der Waals surface area contributed by atoms with Crippen LogP contribution in [0.4, 0.5) is 22.7 Å². The van der Waals surface area contributed by atoms with Gasteiger partial charge in [0, 0.05) is 95.0 Å². The van der Waals surface area contributed by atoms with E-state index in [1.807, 2.05) is 195 Å². The molecule has 8 bridgehead atoms. The number of benzene rings is 8. The molecule has 8 nitrogen and oxygen atoms in total. The molecule has 10 heteroatoms. The maximum atomic E-state index is 12.7. The number of hydrogen-bond donors (Lipinski definition) is 4. The first-order valence-corrected chi connectivity index (χ1v) is 26.5. The zero-order valence-electron chi connectivity index (χ0n) is 41.4. The van der Waals surface area contributed by atoms with Gasteiger partial charge in [-0.05, 0) is 108 Å². The van der Waals surface area contributed by atoms with Crippen LogP contribution in [-0.2, 0) is 25.7 Å². The number of fused-ring (bicyclic) bond motifs is 8. The molecule has 8 aromatic rings. The average Bonchev–Trinajstić information content (AvgIpc) is 3.43. The Balaban J connectivity index is 1.29. The van der Waals surface area contributed by atoms with Crippen molar-refractivity contribution in [2.45, 2.75) is 51.4 Å². The summed E-state index contributed by atoms with van der Waals surface area (Å²) in [4.78, 5) is 20.1. The smallest absolute Gasteiger partial charge is 0.126 e. The van der Waals surface area contributed by atoms with E-state index in [-0.39, 0.29) is 37.2 Å². The fraction of sp³-hybridized carbons (Fsp3) is 0.188. The van der Waals surface area contributed by atoms with Gasteiger partial charge in [-0.2, -0.15) is 25.3 Å². The highest BCUT2D eigenvalue weighted by atomic mass is 32.1. The van der Waals surface area contributed by atoms with Gasteiger partial charge in [-0.15, -0.1) is 0 Å². The largest absolute Gasteiger partial charge is 0.507 e. The van der Waals surface area contributed by atoms with Gasteiger partial charge in [0.1, 0.15) is 23.0 Å². The van der Waals surface area contributed by atoms with E-state index in [0.717, 1.165) is 81.7 Å². The van der Waals surface area contributed by atoms with Crippen LogP contribution in [0.2, 0.25) is 0 Å². The third kappa shape index (κ3) is 13.9. The van der Waals surface area contributed by atoms with E-state index in [2.05, 4.69) is 25.3 Å². The van der Waals surface area contributed by atoms with Crippen molar-refractivity contribution in [3.8, 4) is 23.0 Å². The Labute approximate surface area is 445 Å². The fourth-order valence-electron chi connectivity index (χ4n) is 9.04. The van der Waals surface area contributed by atoms with Crippen molar-refractivity contribution in [3.05, 3.63) is 237 Å². The van der Waals surface area contributed by atoms with Crippen molar-refractivity contribution in [2.75, 3.05) is 24.7 Å². The van der Waals surface area contributed by atoms with Crippen LogP contribution in [0.25, 0.3) is 0 Å². The van der Waals surface area contributed by atoms with Crippen molar-refractivity contribution in [2.24, 2.45) is 20.0 Å². The van der Waals surface area contributed by atoms with Gasteiger partial charge in [-0.3, -0.25) is 20.0 Å². The number of ether oxygens (including phenoxy) is 2. The van der Waals surface area contributed by atoms with Gasteiger partial charge < -0.3 is 19.7 Å². The summed E-state index contributed by atoms with van der Waals surface area (Å²) < 4.78 is 13.7. The van der Waals surface area contributed by atoms with Crippen LogP contribution in [0.1, 0.15) is 92.4 Å². The number of aliphatic imine (C=N–C) groups is 4. The molecule has 372 valence electrons. The number of thiol groups is 2. The summed E-state index contributed by atoms with van der Waals surface area (Å²) in [6, 6.07) is 56.0. The molecule has 0 aromatic heterocycles. The highest BCUT2D eigenvalue weighted by Crippen LogP contribution is 2.43. The highest BCUT2D eigenvalue weighted by Gasteiger charge is 2.23. The van der Waals surface area contributed by atoms with E-state index in [4.69, 9.17) is 29.4 Å². The highest BCUT2D eigenvalue weighted by molar-refractivity contribution is 7.80. The Morgan fingerprint density at radius 2 is 0.595 bits per heavy atom. The molecule has 74 heavy (non-hydrogen) atoms. The number of aromatic hydroxyl groups is 2. The Bertz CT molecular complexity index is 2960. The molecule has 0 fully saturated rings. The molecule has 0 atom stereocenters. The molecule has 0 saturated heterocycles. The number of rotatable bonds is 18. The second-order valence-corrected chi connectivity index (χ2v) is 19.2. The normalized spacial score (nSPS) is 12.6. The zero-order valence-corrected chi connectivity index (χ0v) is 43.1.